The van der Waals surface area contributed by atoms with E-state index >= 15 is 0 Å². The number of esters is 1. The highest BCUT2D eigenvalue weighted by atomic mass is 35.5. The van der Waals surface area contributed by atoms with Gasteiger partial charge in [0.2, 0.25) is 0 Å². The fourth-order valence-corrected chi connectivity index (χ4v) is 3.18. The van der Waals surface area contributed by atoms with Gasteiger partial charge in [-0.25, -0.2) is 19.3 Å². The molecular weight excluding hydrogens is 352 g/mol. The molecule has 0 unspecified atom stereocenters. The minimum Gasteiger partial charge on any atom is -0.461 e. The first-order valence-electron chi connectivity index (χ1n) is 8.14. The average Bonchev–Trinajstić information content (AvgIpc) is 3.12. The number of hydrogen-bond donors (Lipinski definition) is 0. The molecule has 4 aromatic rings. The summed E-state index contributed by atoms with van der Waals surface area (Å²) in [6, 6.07) is 7.48. The van der Waals surface area contributed by atoms with Gasteiger partial charge in [-0.15, -0.1) is 0 Å². The third-order valence-electron chi connectivity index (χ3n) is 4.21. The molecule has 4 aromatic heterocycles. The number of rotatable bonds is 3. The Labute approximate surface area is 154 Å². The molecule has 0 bridgehead atoms. The lowest BCUT2D eigenvalue weighted by Crippen LogP contribution is -2.08. The number of carbonyl (C=O) groups excluding carboxylic acids is 1. The molecule has 0 saturated carbocycles. The molecule has 7 heteroatoms. The van der Waals surface area contributed by atoms with Crippen LogP contribution in [0, 0.1) is 6.92 Å². The van der Waals surface area contributed by atoms with E-state index in [0.717, 1.165) is 33.1 Å². The van der Waals surface area contributed by atoms with Gasteiger partial charge in [-0.1, -0.05) is 11.6 Å². The summed E-state index contributed by atoms with van der Waals surface area (Å²) < 4.78 is 6.86. The first-order valence-corrected chi connectivity index (χ1v) is 8.52. The number of nitrogens with zero attached hydrogens (tertiary/aromatic N) is 4. The molecule has 0 aromatic carbocycles. The topological polar surface area (TPSA) is 69.4 Å². The molecule has 0 N–H and O–H groups in total. The predicted octanol–water partition coefficient (Wildman–Crippen LogP) is 4.08. The first kappa shape index (κ1) is 16.5. The van der Waals surface area contributed by atoms with Crippen LogP contribution < -0.4 is 0 Å². The van der Waals surface area contributed by atoms with Crippen molar-refractivity contribution in [3.8, 4) is 11.3 Å². The molecule has 0 saturated heterocycles. The largest absolute Gasteiger partial charge is 0.461 e. The van der Waals surface area contributed by atoms with Gasteiger partial charge in [0, 0.05) is 28.7 Å². The summed E-state index contributed by atoms with van der Waals surface area (Å²) >= 11 is 6.05. The SMILES string of the molecule is CCOC(=O)c1cc(C)c(-c2cc3cnc(Cl)cc3c3ccnn23)cn1. The number of hydrogen-bond acceptors (Lipinski definition) is 5. The van der Waals surface area contributed by atoms with Crippen LogP contribution in [0.3, 0.4) is 0 Å². The second-order valence-corrected chi connectivity index (χ2v) is 6.24. The maximum atomic E-state index is 11.9. The van der Waals surface area contributed by atoms with Gasteiger partial charge in [-0.3, -0.25) is 0 Å². The van der Waals surface area contributed by atoms with Gasteiger partial charge in [0.15, 0.2) is 0 Å². The summed E-state index contributed by atoms with van der Waals surface area (Å²) in [6.07, 6.45) is 5.15. The Kier molecular flexibility index (Phi) is 4.05. The smallest absolute Gasteiger partial charge is 0.356 e. The summed E-state index contributed by atoms with van der Waals surface area (Å²) in [5.41, 5.74) is 3.86. The quantitative estimate of drug-likeness (QED) is 0.403. The van der Waals surface area contributed by atoms with Crippen molar-refractivity contribution >= 4 is 33.9 Å². The van der Waals surface area contributed by atoms with E-state index in [4.69, 9.17) is 16.3 Å². The van der Waals surface area contributed by atoms with Crippen LogP contribution in [0.1, 0.15) is 23.0 Å². The zero-order chi connectivity index (χ0) is 18.3. The molecule has 0 aliphatic carbocycles. The van der Waals surface area contributed by atoms with Crippen LogP contribution in [0.2, 0.25) is 5.15 Å². The van der Waals surface area contributed by atoms with E-state index in [1.54, 1.807) is 31.6 Å². The summed E-state index contributed by atoms with van der Waals surface area (Å²) in [7, 11) is 0. The van der Waals surface area contributed by atoms with Gasteiger partial charge in [-0.2, -0.15) is 5.10 Å². The fraction of sp³-hybridized carbons (Fsp3) is 0.158. The predicted molar refractivity (Wildman–Crippen MR) is 99.4 cm³/mol. The minimum atomic E-state index is -0.427. The molecule has 0 atom stereocenters. The summed E-state index contributed by atoms with van der Waals surface area (Å²) in [6.45, 7) is 4.01. The highest BCUT2D eigenvalue weighted by molar-refractivity contribution is 6.30. The van der Waals surface area contributed by atoms with Crippen LogP contribution in [0.25, 0.3) is 27.5 Å². The monoisotopic (exact) mass is 366 g/mol. The molecule has 6 nitrogen and oxygen atoms in total. The Hall–Kier alpha value is -2.99. The van der Waals surface area contributed by atoms with Crippen molar-refractivity contribution < 1.29 is 9.53 Å². The van der Waals surface area contributed by atoms with E-state index in [9.17, 15) is 4.79 Å². The van der Waals surface area contributed by atoms with Crippen molar-refractivity contribution in [1.29, 1.82) is 0 Å². The van der Waals surface area contributed by atoms with Gasteiger partial charge >= 0.3 is 5.97 Å². The van der Waals surface area contributed by atoms with Crippen LogP contribution in [-0.4, -0.2) is 32.2 Å². The highest BCUT2D eigenvalue weighted by Gasteiger charge is 2.15. The van der Waals surface area contributed by atoms with Crippen LogP contribution in [0.15, 0.2) is 42.9 Å². The first-order chi connectivity index (χ1) is 12.6. The zero-order valence-electron chi connectivity index (χ0n) is 14.2. The third kappa shape index (κ3) is 2.68. The van der Waals surface area contributed by atoms with E-state index in [2.05, 4.69) is 15.1 Å². The number of halogens is 1. The van der Waals surface area contributed by atoms with E-state index in [-0.39, 0.29) is 0 Å². The summed E-state index contributed by atoms with van der Waals surface area (Å²) in [4.78, 5) is 20.3. The summed E-state index contributed by atoms with van der Waals surface area (Å²) in [5, 5.41) is 6.79. The van der Waals surface area contributed by atoms with E-state index in [0.29, 0.717) is 17.5 Å². The van der Waals surface area contributed by atoms with Gasteiger partial charge < -0.3 is 4.74 Å². The lowest BCUT2D eigenvalue weighted by atomic mass is 10.0. The Bertz CT molecular complexity index is 1150. The molecule has 130 valence electrons. The molecular formula is C19H15ClN4O2. The number of fused-ring (bicyclic) bond motifs is 3. The number of ether oxygens (including phenoxy) is 1. The Morgan fingerprint density at radius 2 is 2.08 bits per heavy atom. The second-order valence-electron chi connectivity index (χ2n) is 5.86. The van der Waals surface area contributed by atoms with Crippen molar-refractivity contribution in [1.82, 2.24) is 19.6 Å². The van der Waals surface area contributed by atoms with Gasteiger partial charge in [0.25, 0.3) is 0 Å². The van der Waals surface area contributed by atoms with Gasteiger partial charge in [-0.05, 0) is 43.7 Å². The number of aromatic nitrogens is 4. The minimum absolute atomic E-state index is 0.291. The standard InChI is InChI=1S/C19H15ClN4O2/c1-3-26-19(25)15-6-11(2)14(10-21-15)17-7-12-9-22-18(20)8-13(12)16-4-5-23-24(16)17/h4-10H,3H2,1-2H3. The van der Waals surface area contributed by atoms with Crippen molar-refractivity contribution in [3.05, 3.63) is 59.3 Å². The van der Waals surface area contributed by atoms with Crippen molar-refractivity contribution in [3.63, 3.8) is 0 Å². The maximum absolute atomic E-state index is 11.9. The lowest BCUT2D eigenvalue weighted by molar-refractivity contribution is 0.0519. The van der Waals surface area contributed by atoms with E-state index in [1.807, 2.05) is 29.6 Å². The Balaban J connectivity index is 1.92. The molecule has 0 amide bonds. The number of aryl methyl sites for hydroxylation is 1. The lowest BCUT2D eigenvalue weighted by Gasteiger charge is -2.12. The normalized spacial score (nSPS) is 11.2. The van der Waals surface area contributed by atoms with Crippen LogP contribution in [0.4, 0.5) is 0 Å². The van der Waals surface area contributed by atoms with Crippen LogP contribution >= 0.6 is 11.6 Å². The van der Waals surface area contributed by atoms with Gasteiger partial charge in [0.1, 0.15) is 10.8 Å². The average molecular weight is 367 g/mol. The van der Waals surface area contributed by atoms with Crippen molar-refractivity contribution in [2.24, 2.45) is 0 Å². The third-order valence-corrected chi connectivity index (χ3v) is 4.42. The molecule has 4 heterocycles. The summed E-state index contributed by atoms with van der Waals surface area (Å²) in [5.74, 6) is -0.427. The maximum Gasteiger partial charge on any atom is 0.356 e. The molecule has 26 heavy (non-hydrogen) atoms. The van der Waals surface area contributed by atoms with Gasteiger partial charge in [0.05, 0.1) is 24.0 Å². The molecule has 0 aliphatic heterocycles. The fourth-order valence-electron chi connectivity index (χ4n) is 3.02. The Morgan fingerprint density at radius 1 is 1.23 bits per heavy atom. The zero-order valence-corrected chi connectivity index (χ0v) is 15.0. The van der Waals surface area contributed by atoms with E-state index < -0.39 is 5.97 Å². The molecule has 0 fully saturated rings. The number of pyridine rings is 3. The molecule has 0 aliphatic rings. The van der Waals surface area contributed by atoms with Crippen LogP contribution in [0.5, 0.6) is 0 Å². The molecule has 0 spiro atoms. The highest BCUT2D eigenvalue weighted by Crippen LogP contribution is 2.30. The van der Waals surface area contributed by atoms with Crippen molar-refractivity contribution in [2.45, 2.75) is 13.8 Å². The molecule has 0 radical (unpaired) electrons. The van der Waals surface area contributed by atoms with E-state index in [1.165, 1.54) is 0 Å². The second kappa shape index (κ2) is 6.38. The number of carbonyl (C=O) groups is 1. The molecule has 4 rings (SSSR count). The van der Waals surface area contributed by atoms with Crippen molar-refractivity contribution in [2.75, 3.05) is 6.61 Å². The Morgan fingerprint density at radius 3 is 2.85 bits per heavy atom. The van der Waals surface area contributed by atoms with Crippen LogP contribution in [-0.2, 0) is 4.74 Å².